The van der Waals surface area contributed by atoms with Crippen LogP contribution in [0.15, 0.2) is 23.4 Å². The van der Waals surface area contributed by atoms with Gasteiger partial charge in [0.15, 0.2) is 0 Å². The molecule has 1 aliphatic heterocycles. The lowest BCUT2D eigenvalue weighted by molar-refractivity contribution is 0.283. The van der Waals surface area contributed by atoms with E-state index in [0.717, 1.165) is 12.3 Å². The molecule has 1 saturated heterocycles. The molecular weight excluding hydrogens is 281 g/mol. The summed E-state index contributed by atoms with van der Waals surface area (Å²) in [5, 5.41) is 3.10. The number of rotatable bonds is 2. The van der Waals surface area contributed by atoms with Crippen molar-refractivity contribution in [3.8, 4) is 0 Å². The monoisotopic (exact) mass is 295 g/mol. The van der Waals surface area contributed by atoms with Gasteiger partial charge in [-0.3, -0.25) is 4.98 Å². The zero-order valence-corrected chi connectivity index (χ0v) is 11.5. The number of sulfonamides is 1. The zero-order chi connectivity index (χ0) is 12.5. The second kappa shape index (κ2) is 5.92. The van der Waals surface area contributed by atoms with E-state index in [1.54, 1.807) is 0 Å². The topological polar surface area (TPSA) is 62.3 Å². The Morgan fingerprint density at radius 1 is 1.50 bits per heavy atom. The second-order valence-electron chi connectivity index (χ2n) is 4.01. The van der Waals surface area contributed by atoms with E-state index < -0.39 is 15.8 Å². The van der Waals surface area contributed by atoms with Crippen LogP contribution in [0, 0.1) is 5.82 Å². The second-order valence-corrected chi connectivity index (χ2v) is 5.90. The van der Waals surface area contributed by atoms with E-state index >= 15 is 0 Å². The highest BCUT2D eigenvalue weighted by molar-refractivity contribution is 7.89. The summed E-state index contributed by atoms with van der Waals surface area (Å²) in [6.45, 7) is 3.41. The maximum absolute atomic E-state index is 13.0. The van der Waals surface area contributed by atoms with Gasteiger partial charge in [0.1, 0.15) is 10.7 Å². The molecule has 1 fully saturated rings. The zero-order valence-electron chi connectivity index (χ0n) is 9.84. The number of hydrogen-bond acceptors (Lipinski definition) is 4. The highest BCUT2D eigenvalue weighted by atomic mass is 35.5. The van der Waals surface area contributed by atoms with Crippen molar-refractivity contribution in [2.45, 2.75) is 17.9 Å². The van der Waals surface area contributed by atoms with Crippen molar-refractivity contribution in [1.82, 2.24) is 14.6 Å². The molecular formula is C10H15ClFN3O2S. The minimum absolute atomic E-state index is 0. The summed E-state index contributed by atoms with van der Waals surface area (Å²) in [6, 6.07) is 0.855. The van der Waals surface area contributed by atoms with Gasteiger partial charge in [0.25, 0.3) is 0 Å². The van der Waals surface area contributed by atoms with Crippen molar-refractivity contribution in [3.63, 3.8) is 0 Å². The van der Waals surface area contributed by atoms with E-state index in [2.05, 4.69) is 10.3 Å². The van der Waals surface area contributed by atoms with Crippen molar-refractivity contribution in [2.75, 3.05) is 19.6 Å². The molecule has 0 aliphatic carbocycles. The number of aromatic nitrogens is 1. The molecule has 5 nitrogen and oxygen atoms in total. The number of nitrogens with one attached hydrogen (secondary N) is 1. The minimum atomic E-state index is -3.64. The quantitative estimate of drug-likeness (QED) is 0.869. The third-order valence-corrected chi connectivity index (χ3v) is 4.71. The van der Waals surface area contributed by atoms with E-state index in [-0.39, 0.29) is 23.3 Å². The van der Waals surface area contributed by atoms with Gasteiger partial charge >= 0.3 is 0 Å². The first kappa shape index (κ1) is 15.3. The van der Waals surface area contributed by atoms with Crippen LogP contribution in [0.5, 0.6) is 0 Å². The molecule has 2 heterocycles. The van der Waals surface area contributed by atoms with Crippen molar-refractivity contribution < 1.29 is 12.8 Å². The standard InChI is InChI=1S/C10H14FN3O2S.ClH/c1-8-5-12-2-3-14(8)17(15,16)10-4-9(11)6-13-7-10;/h4,6-8,12H,2-3,5H2,1H3;1H. The summed E-state index contributed by atoms with van der Waals surface area (Å²) < 4.78 is 38.9. The molecule has 1 aromatic heterocycles. The van der Waals surface area contributed by atoms with Gasteiger partial charge in [-0.1, -0.05) is 0 Å². The van der Waals surface area contributed by atoms with Gasteiger partial charge in [-0.2, -0.15) is 4.31 Å². The lowest BCUT2D eigenvalue weighted by Gasteiger charge is -2.32. The van der Waals surface area contributed by atoms with Gasteiger partial charge in [-0.25, -0.2) is 12.8 Å². The Kier molecular flexibility index (Phi) is 5.03. The molecule has 18 heavy (non-hydrogen) atoms. The van der Waals surface area contributed by atoms with Crippen LogP contribution >= 0.6 is 12.4 Å². The number of nitrogens with zero attached hydrogens (tertiary/aromatic N) is 2. The molecule has 0 bridgehead atoms. The molecule has 1 N–H and O–H groups in total. The number of pyridine rings is 1. The summed E-state index contributed by atoms with van der Waals surface area (Å²) in [5.74, 6) is -0.645. The van der Waals surface area contributed by atoms with E-state index in [0.29, 0.717) is 19.6 Å². The summed E-state index contributed by atoms with van der Waals surface area (Å²) in [6.07, 6.45) is 2.16. The van der Waals surface area contributed by atoms with Crippen molar-refractivity contribution in [3.05, 3.63) is 24.3 Å². The number of hydrogen-bond donors (Lipinski definition) is 1. The minimum Gasteiger partial charge on any atom is -0.314 e. The Morgan fingerprint density at radius 3 is 2.83 bits per heavy atom. The smallest absolute Gasteiger partial charge is 0.245 e. The lowest BCUT2D eigenvalue weighted by Crippen LogP contribution is -2.52. The highest BCUT2D eigenvalue weighted by Crippen LogP contribution is 2.18. The van der Waals surface area contributed by atoms with Crippen LogP contribution in [0.2, 0.25) is 0 Å². The third-order valence-electron chi connectivity index (χ3n) is 2.73. The fourth-order valence-electron chi connectivity index (χ4n) is 1.85. The average molecular weight is 296 g/mol. The molecule has 0 radical (unpaired) electrons. The normalized spacial score (nSPS) is 21.3. The largest absolute Gasteiger partial charge is 0.314 e. The van der Waals surface area contributed by atoms with E-state index in [4.69, 9.17) is 0 Å². The first-order valence-corrected chi connectivity index (χ1v) is 6.79. The fraction of sp³-hybridized carbons (Fsp3) is 0.500. The van der Waals surface area contributed by atoms with Crippen LogP contribution in [0.1, 0.15) is 6.92 Å². The van der Waals surface area contributed by atoms with Crippen LogP contribution in [0.3, 0.4) is 0 Å². The van der Waals surface area contributed by atoms with Crippen LogP contribution in [0.4, 0.5) is 4.39 Å². The summed E-state index contributed by atoms with van der Waals surface area (Å²) >= 11 is 0. The van der Waals surface area contributed by atoms with Crippen LogP contribution < -0.4 is 5.32 Å². The predicted octanol–water partition coefficient (Wildman–Crippen LogP) is 0.625. The molecule has 0 saturated carbocycles. The van der Waals surface area contributed by atoms with Gasteiger partial charge in [-0.15, -0.1) is 12.4 Å². The molecule has 8 heteroatoms. The Labute approximate surface area is 112 Å². The first-order valence-electron chi connectivity index (χ1n) is 5.35. The van der Waals surface area contributed by atoms with E-state index in [1.807, 2.05) is 6.92 Å². The van der Waals surface area contributed by atoms with Crippen molar-refractivity contribution in [2.24, 2.45) is 0 Å². The maximum atomic E-state index is 13.0. The van der Waals surface area contributed by atoms with Gasteiger partial charge in [0.05, 0.1) is 6.20 Å². The first-order chi connectivity index (χ1) is 8.01. The Balaban J connectivity index is 0.00000162. The average Bonchev–Trinajstić information content (AvgIpc) is 2.29. The van der Waals surface area contributed by atoms with Crippen molar-refractivity contribution >= 4 is 22.4 Å². The van der Waals surface area contributed by atoms with Gasteiger partial charge in [0.2, 0.25) is 10.0 Å². The molecule has 1 unspecified atom stereocenters. The van der Waals surface area contributed by atoms with Crippen LogP contribution in [-0.2, 0) is 10.0 Å². The number of piperazine rings is 1. The van der Waals surface area contributed by atoms with Gasteiger partial charge in [0, 0.05) is 31.9 Å². The van der Waals surface area contributed by atoms with E-state index in [9.17, 15) is 12.8 Å². The lowest BCUT2D eigenvalue weighted by atomic mass is 10.3. The molecule has 1 atom stereocenters. The summed E-state index contributed by atoms with van der Waals surface area (Å²) in [4.78, 5) is 3.48. The Bertz CT molecular complexity index is 512. The molecule has 0 aromatic carbocycles. The molecule has 102 valence electrons. The van der Waals surface area contributed by atoms with Crippen molar-refractivity contribution in [1.29, 1.82) is 0 Å². The van der Waals surface area contributed by atoms with Crippen LogP contribution in [-0.4, -0.2) is 43.4 Å². The number of halogens is 2. The SMILES string of the molecule is CC1CNCCN1S(=O)(=O)c1cncc(F)c1.Cl. The van der Waals surface area contributed by atoms with Crippen LogP contribution in [0.25, 0.3) is 0 Å². The highest BCUT2D eigenvalue weighted by Gasteiger charge is 2.31. The molecule has 0 amide bonds. The molecule has 2 rings (SSSR count). The fourth-order valence-corrected chi connectivity index (χ4v) is 3.45. The Hall–Kier alpha value is -0.760. The molecule has 0 spiro atoms. The maximum Gasteiger partial charge on any atom is 0.245 e. The molecule has 1 aliphatic rings. The Morgan fingerprint density at radius 2 is 2.22 bits per heavy atom. The van der Waals surface area contributed by atoms with E-state index in [1.165, 1.54) is 10.5 Å². The van der Waals surface area contributed by atoms with Gasteiger partial charge in [-0.05, 0) is 13.0 Å². The van der Waals surface area contributed by atoms with Gasteiger partial charge < -0.3 is 5.32 Å². The summed E-state index contributed by atoms with van der Waals surface area (Å²) in [7, 11) is -3.64. The predicted molar refractivity (Wildman–Crippen MR) is 67.7 cm³/mol. The molecule has 1 aromatic rings. The third kappa shape index (κ3) is 2.97. The summed E-state index contributed by atoms with van der Waals surface area (Å²) in [5.41, 5.74) is 0.